The van der Waals surface area contributed by atoms with Gasteiger partial charge in [0.05, 0.1) is 30.9 Å². The van der Waals surface area contributed by atoms with Gasteiger partial charge in [-0.15, -0.1) is 0 Å². The van der Waals surface area contributed by atoms with Crippen molar-refractivity contribution < 1.29 is 87.5 Å². The average Bonchev–Trinajstić information content (AvgIpc) is 0.786. The number of pyridine rings is 1. The summed E-state index contributed by atoms with van der Waals surface area (Å²) in [4.78, 5) is 92.3. The van der Waals surface area contributed by atoms with Crippen LogP contribution in [0, 0.1) is 30.2 Å². The first-order valence-electron chi connectivity index (χ1n) is 28.7. The van der Waals surface area contributed by atoms with Crippen molar-refractivity contribution in [2.45, 2.75) is 101 Å². The number of anilines is 2. The van der Waals surface area contributed by atoms with Crippen LogP contribution in [0.15, 0.2) is 106 Å². The summed E-state index contributed by atoms with van der Waals surface area (Å²) in [6, 6.07) is 6.46. The van der Waals surface area contributed by atoms with Crippen LogP contribution in [-0.4, -0.2) is 98.0 Å². The van der Waals surface area contributed by atoms with Crippen LogP contribution >= 0.6 is 0 Å². The number of aryl methyl sites for hydroxylation is 2. The number of fused-ring (bicyclic) bond motifs is 2. The number of alkyl halides is 6. The summed E-state index contributed by atoms with van der Waals surface area (Å²) < 4.78 is 171. The van der Waals surface area contributed by atoms with E-state index in [0.717, 1.165) is 27.5 Å². The highest BCUT2D eigenvalue weighted by atomic mass is 19.4. The van der Waals surface area contributed by atoms with E-state index < -0.39 is 155 Å². The van der Waals surface area contributed by atoms with Gasteiger partial charge in [0.1, 0.15) is 75.8 Å². The third-order valence-electron chi connectivity index (χ3n) is 16.3. The lowest BCUT2D eigenvalue weighted by Crippen LogP contribution is -2.43. The van der Waals surface area contributed by atoms with Gasteiger partial charge in [-0.1, -0.05) is 54.6 Å². The molecule has 4 heterocycles. The lowest BCUT2D eigenvalue weighted by molar-refractivity contribution is -0.145. The number of aromatic nitrogens is 3. The van der Waals surface area contributed by atoms with Gasteiger partial charge in [-0.3, -0.25) is 23.7 Å². The van der Waals surface area contributed by atoms with Crippen molar-refractivity contribution in [1.29, 1.82) is 0 Å². The number of carbonyl (C=O) groups excluding carboxylic acids is 2. The summed E-state index contributed by atoms with van der Waals surface area (Å²) in [5, 5.41) is 28.8. The molecule has 492 valence electrons. The zero-order chi connectivity index (χ0) is 67.7. The Labute approximate surface area is 521 Å². The number of hydrogen-bond donors (Lipinski definition) is 6. The number of nitrogens with zero attached hydrogens (tertiary/aromatic N) is 3. The second kappa shape index (κ2) is 27.0. The number of amides is 2. The molecule has 93 heavy (non-hydrogen) atoms. The zero-order valence-electron chi connectivity index (χ0n) is 50.0. The molecule has 2 aliphatic heterocycles. The van der Waals surface area contributed by atoms with Crippen LogP contribution in [0.5, 0.6) is 17.2 Å². The van der Waals surface area contributed by atoms with E-state index in [2.05, 4.69) is 10.6 Å². The molecular weight excluding hydrogens is 1250 g/mol. The van der Waals surface area contributed by atoms with E-state index in [-0.39, 0.29) is 70.1 Å². The second-order valence-corrected chi connectivity index (χ2v) is 22.4. The quantitative estimate of drug-likeness (QED) is 0.0367. The summed E-state index contributed by atoms with van der Waals surface area (Å²) >= 11 is 0. The summed E-state index contributed by atoms with van der Waals surface area (Å²) in [6.07, 6.45) is -11.9. The van der Waals surface area contributed by atoms with E-state index in [4.69, 9.17) is 14.2 Å². The number of carboxylic acid groups (broad SMARTS) is 2. The van der Waals surface area contributed by atoms with Crippen LogP contribution in [0.25, 0.3) is 22.3 Å². The van der Waals surface area contributed by atoms with Crippen LogP contribution in [0.3, 0.4) is 0 Å². The minimum Gasteiger partial charge on any atom is -0.496 e. The number of aliphatic carboxylic acids is 2. The molecule has 29 heteroatoms. The summed E-state index contributed by atoms with van der Waals surface area (Å²) in [7, 11) is 5.44. The number of hydrogen-bond acceptors (Lipinski definition) is 12. The molecule has 0 bridgehead atoms. The van der Waals surface area contributed by atoms with Crippen molar-refractivity contribution in [2.75, 3.05) is 24.4 Å². The van der Waals surface area contributed by atoms with Crippen molar-refractivity contribution in [3.05, 3.63) is 190 Å². The highest BCUT2D eigenvalue weighted by Gasteiger charge is 2.43. The van der Waals surface area contributed by atoms with Gasteiger partial charge in [-0.2, -0.15) is 26.3 Å². The Morgan fingerprint density at radius 3 is 1.73 bits per heavy atom. The number of benzene rings is 5. The Hall–Kier alpha value is -10.1. The molecule has 5 aromatic carbocycles. The Morgan fingerprint density at radius 2 is 1.20 bits per heavy atom. The molecule has 2 aromatic heterocycles. The number of halogens is 10. The maximum absolute atomic E-state index is 15.9. The van der Waals surface area contributed by atoms with Gasteiger partial charge in [-0.25, -0.2) is 31.9 Å². The molecule has 2 aliphatic rings. The molecule has 0 saturated carbocycles. The first kappa shape index (κ1) is 67.3. The van der Waals surface area contributed by atoms with Crippen LogP contribution in [-0.2, 0) is 56.4 Å². The van der Waals surface area contributed by atoms with Crippen molar-refractivity contribution in [1.82, 2.24) is 24.3 Å². The van der Waals surface area contributed by atoms with E-state index in [9.17, 15) is 70.1 Å². The fourth-order valence-electron chi connectivity index (χ4n) is 11.4. The SMILES string of the molecule is COc1cc(C)n(C)c(=O)c1-c1ccc(C[C@H](NC(=O)c2c(F)cc(N[C@H](CCC3CCc4c(C[C@H](NC(=O)c5c(F)cc(N[C@H](c6ccccc6)C(F)(F)F)cc5F)C(=O)O)ccc(-c5cn(C)c(=O)n(C)c5=O)c4O3)C(F)(F)F)cc2F)C(=O)O)c2c1OCCC2. The van der Waals surface area contributed by atoms with Crippen molar-refractivity contribution >= 4 is 35.1 Å². The Kier molecular flexibility index (Phi) is 19.5. The van der Waals surface area contributed by atoms with Crippen molar-refractivity contribution in [3.63, 3.8) is 0 Å². The molecule has 19 nitrogen and oxygen atoms in total. The number of methoxy groups -OCH3 is 1. The summed E-state index contributed by atoms with van der Waals surface area (Å²) in [6.45, 7) is 1.95. The minimum atomic E-state index is -5.13. The Bertz CT molecular complexity index is 4240. The summed E-state index contributed by atoms with van der Waals surface area (Å²) in [5.41, 5.74) is -4.43. The highest BCUT2D eigenvalue weighted by Crippen LogP contribution is 2.43. The minimum absolute atomic E-state index is 0.0182. The number of ether oxygens (including phenoxy) is 3. The first-order valence-corrected chi connectivity index (χ1v) is 28.7. The van der Waals surface area contributed by atoms with Crippen LogP contribution in [0.1, 0.15) is 86.0 Å². The molecule has 2 amide bonds. The lowest BCUT2D eigenvalue weighted by atomic mass is 9.88. The van der Waals surface area contributed by atoms with Gasteiger partial charge >= 0.3 is 30.0 Å². The van der Waals surface area contributed by atoms with E-state index in [1.807, 2.05) is 10.6 Å². The Balaban J connectivity index is 0.921. The molecular formula is C64H59F10N7O12. The number of rotatable bonds is 21. The highest BCUT2D eigenvalue weighted by molar-refractivity contribution is 5.98. The monoisotopic (exact) mass is 1310 g/mol. The van der Waals surface area contributed by atoms with Crippen LogP contribution < -0.4 is 52.3 Å². The number of carboxylic acids is 2. The van der Waals surface area contributed by atoms with E-state index >= 15 is 17.6 Å². The fraction of sp³-hybridized carbons (Fsp3) is 0.328. The predicted molar refractivity (Wildman–Crippen MR) is 317 cm³/mol. The molecule has 0 radical (unpaired) electrons. The normalized spacial score (nSPS) is 15.1. The molecule has 7 aromatic rings. The molecule has 0 saturated heterocycles. The fourth-order valence-corrected chi connectivity index (χ4v) is 11.4. The van der Waals surface area contributed by atoms with Crippen LogP contribution in [0.2, 0.25) is 0 Å². The molecule has 1 unspecified atom stereocenters. The third-order valence-corrected chi connectivity index (χ3v) is 16.3. The maximum Gasteiger partial charge on any atom is 0.412 e. The van der Waals surface area contributed by atoms with Gasteiger partial charge in [0, 0.05) is 74.4 Å². The predicted octanol–water partition coefficient (Wildman–Crippen LogP) is 9.40. The zero-order valence-corrected chi connectivity index (χ0v) is 50.0. The second-order valence-electron chi connectivity index (χ2n) is 22.4. The lowest BCUT2D eigenvalue weighted by Gasteiger charge is -2.32. The Morgan fingerprint density at radius 1 is 0.667 bits per heavy atom. The topological polar surface area (TPSA) is 251 Å². The molecule has 0 fully saturated rings. The molecule has 9 rings (SSSR count). The smallest absolute Gasteiger partial charge is 0.412 e. The van der Waals surface area contributed by atoms with Crippen LogP contribution in [0.4, 0.5) is 55.3 Å². The molecule has 6 N–H and O–H groups in total. The van der Waals surface area contributed by atoms with E-state index in [1.54, 1.807) is 20.0 Å². The van der Waals surface area contributed by atoms with E-state index in [0.29, 0.717) is 59.5 Å². The maximum atomic E-state index is 15.9. The third kappa shape index (κ3) is 14.4. The summed E-state index contributed by atoms with van der Waals surface area (Å²) in [5.74, 6) is -12.8. The van der Waals surface area contributed by atoms with Gasteiger partial charge in [0.15, 0.2) is 0 Å². The van der Waals surface area contributed by atoms with Gasteiger partial charge < -0.3 is 54.8 Å². The molecule has 5 atom stereocenters. The van der Waals surface area contributed by atoms with Gasteiger partial charge in [0.2, 0.25) is 0 Å². The van der Waals surface area contributed by atoms with Crippen molar-refractivity contribution in [2.24, 2.45) is 21.1 Å². The first-order chi connectivity index (χ1) is 43.9. The van der Waals surface area contributed by atoms with Crippen molar-refractivity contribution in [3.8, 4) is 39.5 Å². The number of carbonyl (C=O) groups is 4. The van der Waals surface area contributed by atoms with Gasteiger partial charge in [-0.05, 0) is 97.5 Å². The standard InChI is InChI=1S/C64H59F10N7O12/c1-30-22-48(91-5)50(59(85)80(30)3)40-18-14-32(37-12-9-21-92-53(37)40)23-46(60(86)87)77-56(82)51-42(65)25-34(26-43(51)66)75-49(63(69,70)71)20-16-36-15-19-38-33(13-17-39(54(38)93-36)41-29-79(2)62(90)81(4)58(41)84)24-47(61(88)89)78-57(83)52-44(67)27-35(28-45(52)68)76-55(64(72,73)74)31-10-7-6-8-11-31/h6-8,10-11,13-14,17-18,22,25-29,36,46-47,49,55,75-76H,9,12,15-16,19-21,23-24H2,1-5H3,(H,77,82)(H,78,83)(H,86,87)(H,88,89)/t36?,46-,47-,49+,55+/m0/s1. The van der Waals surface area contributed by atoms with E-state index in [1.165, 1.54) is 68.2 Å². The molecule has 0 spiro atoms. The average molecular weight is 1310 g/mol. The number of nitrogens with one attached hydrogen (secondary N) is 4. The molecule has 0 aliphatic carbocycles. The van der Waals surface area contributed by atoms with Gasteiger partial charge in [0.25, 0.3) is 22.9 Å². The largest absolute Gasteiger partial charge is 0.496 e.